The normalized spacial score (nSPS) is 13.6. The van der Waals surface area contributed by atoms with Gasteiger partial charge in [-0.3, -0.25) is 0 Å². The van der Waals surface area contributed by atoms with Crippen molar-refractivity contribution in [3.63, 3.8) is 0 Å². The standard InChI is InChI=1S/C6H15N.C5H9NO2.C2H6/c1-4-7(5-2)6-3;7-5(8)6-3-1-2-4-6;1-2/h4-6H2,1-3H3;1-4H2,(H,7,8);1-2H3. The molecule has 0 atom stereocenters. The highest BCUT2D eigenvalue weighted by Crippen LogP contribution is 2.05. The molecule has 1 rings (SSSR count). The molecule has 17 heavy (non-hydrogen) atoms. The Morgan fingerprint density at radius 3 is 1.53 bits per heavy atom. The second-order valence-corrected chi connectivity index (χ2v) is 3.60. The minimum absolute atomic E-state index is 0.731. The van der Waals surface area contributed by atoms with Crippen molar-refractivity contribution in [3.8, 4) is 0 Å². The van der Waals surface area contributed by atoms with Gasteiger partial charge in [0.05, 0.1) is 0 Å². The Labute approximate surface area is 107 Å². The highest BCUT2D eigenvalue weighted by molar-refractivity contribution is 5.65. The summed E-state index contributed by atoms with van der Waals surface area (Å²) in [6.07, 6.45) is 1.29. The molecule has 0 bridgehead atoms. The molecule has 1 fully saturated rings. The van der Waals surface area contributed by atoms with Gasteiger partial charge in [0.1, 0.15) is 0 Å². The van der Waals surface area contributed by atoms with Gasteiger partial charge in [-0.15, -0.1) is 0 Å². The molecule has 0 aromatic heterocycles. The predicted octanol–water partition coefficient (Wildman–Crippen LogP) is 3.13. The van der Waals surface area contributed by atoms with E-state index in [-0.39, 0.29) is 0 Å². The van der Waals surface area contributed by atoms with Crippen LogP contribution >= 0.6 is 0 Å². The summed E-state index contributed by atoms with van der Waals surface area (Å²) < 4.78 is 0. The molecule has 1 saturated heterocycles. The van der Waals surface area contributed by atoms with Gasteiger partial charge in [0.2, 0.25) is 0 Å². The van der Waals surface area contributed by atoms with E-state index in [2.05, 4.69) is 25.7 Å². The second kappa shape index (κ2) is 13.3. The lowest BCUT2D eigenvalue weighted by atomic mass is 10.4. The summed E-state index contributed by atoms with van der Waals surface area (Å²) >= 11 is 0. The van der Waals surface area contributed by atoms with Gasteiger partial charge in [-0.2, -0.15) is 0 Å². The average Bonchev–Trinajstić information content (AvgIpc) is 2.88. The number of nitrogens with zero attached hydrogens (tertiary/aromatic N) is 2. The van der Waals surface area contributed by atoms with E-state index in [1.807, 2.05) is 13.8 Å². The van der Waals surface area contributed by atoms with Gasteiger partial charge >= 0.3 is 6.09 Å². The van der Waals surface area contributed by atoms with E-state index in [9.17, 15) is 4.79 Å². The Bertz CT molecular complexity index is 159. The first-order chi connectivity index (χ1) is 8.15. The van der Waals surface area contributed by atoms with E-state index in [4.69, 9.17) is 5.11 Å². The third-order valence-corrected chi connectivity index (χ3v) is 2.72. The molecular formula is C13H30N2O2. The Morgan fingerprint density at radius 2 is 1.41 bits per heavy atom. The molecule has 0 unspecified atom stereocenters. The fraction of sp³-hybridized carbons (Fsp3) is 0.923. The Hall–Kier alpha value is -0.770. The van der Waals surface area contributed by atoms with Crippen LogP contribution in [0.15, 0.2) is 0 Å². The maximum atomic E-state index is 10.1. The summed E-state index contributed by atoms with van der Waals surface area (Å²) in [5, 5.41) is 8.34. The number of hydrogen-bond donors (Lipinski definition) is 1. The van der Waals surface area contributed by atoms with Crippen molar-refractivity contribution in [1.82, 2.24) is 9.80 Å². The van der Waals surface area contributed by atoms with Crippen molar-refractivity contribution in [2.24, 2.45) is 0 Å². The molecule has 0 aromatic carbocycles. The summed E-state index contributed by atoms with van der Waals surface area (Å²) in [7, 11) is 0. The Morgan fingerprint density at radius 1 is 1.06 bits per heavy atom. The van der Waals surface area contributed by atoms with Crippen molar-refractivity contribution in [2.75, 3.05) is 32.7 Å². The topological polar surface area (TPSA) is 43.8 Å². The van der Waals surface area contributed by atoms with Crippen molar-refractivity contribution in [2.45, 2.75) is 47.5 Å². The van der Waals surface area contributed by atoms with Gasteiger partial charge in [-0.05, 0) is 32.5 Å². The van der Waals surface area contributed by atoms with Crippen LogP contribution in [0.2, 0.25) is 0 Å². The molecule has 0 aromatic rings. The van der Waals surface area contributed by atoms with Crippen molar-refractivity contribution >= 4 is 6.09 Å². The molecule has 1 aliphatic rings. The van der Waals surface area contributed by atoms with E-state index in [1.54, 1.807) is 0 Å². The van der Waals surface area contributed by atoms with Crippen LogP contribution in [0, 0.1) is 0 Å². The first-order valence-corrected chi connectivity index (χ1v) is 6.85. The second-order valence-electron chi connectivity index (χ2n) is 3.60. The van der Waals surface area contributed by atoms with Gasteiger partial charge in [-0.25, -0.2) is 4.79 Å². The zero-order valence-corrected chi connectivity index (χ0v) is 12.2. The summed E-state index contributed by atoms with van der Waals surface area (Å²) in [4.78, 5) is 13.9. The number of rotatable bonds is 3. The van der Waals surface area contributed by atoms with Gasteiger partial charge in [0.15, 0.2) is 0 Å². The van der Waals surface area contributed by atoms with Crippen LogP contribution in [0.5, 0.6) is 0 Å². The van der Waals surface area contributed by atoms with Crippen molar-refractivity contribution in [3.05, 3.63) is 0 Å². The monoisotopic (exact) mass is 246 g/mol. The molecule has 1 heterocycles. The molecule has 1 amide bonds. The quantitative estimate of drug-likeness (QED) is 0.832. The Kier molecular flexibility index (Phi) is 14.5. The summed E-state index contributed by atoms with van der Waals surface area (Å²) in [6.45, 7) is 15.6. The summed E-state index contributed by atoms with van der Waals surface area (Å²) in [6, 6.07) is 0. The van der Waals surface area contributed by atoms with E-state index in [1.165, 1.54) is 24.5 Å². The average molecular weight is 246 g/mol. The molecule has 1 aliphatic heterocycles. The maximum absolute atomic E-state index is 10.1. The zero-order valence-electron chi connectivity index (χ0n) is 12.2. The minimum Gasteiger partial charge on any atom is -0.465 e. The number of likely N-dealkylation sites (tertiary alicyclic amines) is 1. The van der Waals surface area contributed by atoms with Crippen LogP contribution in [0.25, 0.3) is 0 Å². The predicted molar refractivity (Wildman–Crippen MR) is 73.6 cm³/mol. The summed E-state index contributed by atoms with van der Waals surface area (Å²) in [5.74, 6) is 0. The van der Waals surface area contributed by atoms with Crippen LogP contribution < -0.4 is 0 Å². The van der Waals surface area contributed by atoms with Gasteiger partial charge in [0, 0.05) is 13.1 Å². The molecule has 0 spiro atoms. The van der Waals surface area contributed by atoms with Crippen LogP contribution in [0.1, 0.15) is 47.5 Å². The van der Waals surface area contributed by atoms with Crippen molar-refractivity contribution < 1.29 is 9.90 Å². The van der Waals surface area contributed by atoms with Crippen LogP contribution in [-0.4, -0.2) is 53.7 Å². The molecule has 0 saturated carbocycles. The van der Waals surface area contributed by atoms with Gasteiger partial charge in [0.25, 0.3) is 0 Å². The zero-order chi connectivity index (χ0) is 13.7. The van der Waals surface area contributed by atoms with Crippen LogP contribution in [-0.2, 0) is 0 Å². The molecule has 4 nitrogen and oxygen atoms in total. The van der Waals surface area contributed by atoms with Gasteiger partial charge in [-0.1, -0.05) is 34.6 Å². The van der Waals surface area contributed by atoms with Gasteiger partial charge < -0.3 is 14.9 Å². The fourth-order valence-corrected chi connectivity index (χ4v) is 1.58. The maximum Gasteiger partial charge on any atom is 0.407 e. The van der Waals surface area contributed by atoms with E-state index in [0.29, 0.717) is 0 Å². The molecule has 1 N–H and O–H groups in total. The highest BCUT2D eigenvalue weighted by atomic mass is 16.4. The minimum atomic E-state index is -0.775. The summed E-state index contributed by atoms with van der Waals surface area (Å²) in [5.41, 5.74) is 0. The first-order valence-electron chi connectivity index (χ1n) is 6.85. The lowest BCUT2D eigenvalue weighted by molar-refractivity contribution is 0.156. The molecule has 0 aliphatic carbocycles. The first kappa shape index (κ1) is 18.6. The highest BCUT2D eigenvalue weighted by Gasteiger charge is 2.15. The van der Waals surface area contributed by atoms with E-state index < -0.39 is 6.09 Å². The third kappa shape index (κ3) is 10.1. The van der Waals surface area contributed by atoms with Crippen LogP contribution in [0.3, 0.4) is 0 Å². The van der Waals surface area contributed by atoms with Crippen LogP contribution in [0.4, 0.5) is 4.79 Å². The van der Waals surface area contributed by atoms with Crippen molar-refractivity contribution in [1.29, 1.82) is 0 Å². The molecule has 4 heteroatoms. The smallest absolute Gasteiger partial charge is 0.407 e. The van der Waals surface area contributed by atoms with E-state index in [0.717, 1.165) is 25.9 Å². The molecule has 104 valence electrons. The number of amides is 1. The fourth-order valence-electron chi connectivity index (χ4n) is 1.58. The lowest BCUT2D eigenvalue weighted by Crippen LogP contribution is -2.25. The number of carboxylic acid groups (broad SMARTS) is 1. The lowest BCUT2D eigenvalue weighted by Gasteiger charge is -2.13. The molecular weight excluding hydrogens is 216 g/mol. The van der Waals surface area contributed by atoms with E-state index >= 15 is 0 Å². The third-order valence-electron chi connectivity index (χ3n) is 2.72. The number of hydrogen-bond acceptors (Lipinski definition) is 2. The SMILES string of the molecule is CC.CCN(CC)CC.O=C(O)N1CCCC1. The Balaban J connectivity index is 0. The largest absolute Gasteiger partial charge is 0.465 e. The number of carbonyl (C=O) groups is 1. The molecule has 0 radical (unpaired) electrons.